The van der Waals surface area contributed by atoms with Crippen LogP contribution < -0.4 is 0 Å². The zero-order valence-electron chi connectivity index (χ0n) is 16.5. The van der Waals surface area contributed by atoms with Gasteiger partial charge in [0.25, 0.3) is 0 Å². The van der Waals surface area contributed by atoms with Crippen molar-refractivity contribution in [3.63, 3.8) is 0 Å². The lowest BCUT2D eigenvalue weighted by molar-refractivity contribution is 0.0218. The number of aromatic nitrogens is 2. The Morgan fingerprint density at radius 3 is 2.58 bits per heavy atom. The summed E-state index contributed by atoms with van der Waals surface area (Å²) in [6, 6.07) is -0.0231. The summed E-state index contributed by atoms with van der Waals surface area (Å²) in [5, 5.41) is 4.48. The molecule has 26 heavy (non-hydrogen) atoms. The summed E-state index contributed by atoms with van der Waals surface area (Å²) in [7, 11) is 1.63. The number of amides is 1. The van der Waals surface area contributed by atoms with Gasteiger partial charge >= 0.3 is 12.1 Å². The van der Waals surface area contributed by atoms with E-state index in [1.807, 2.05) is 32.4 Å². The predicted molar refractivity (Wildman–Crippen MR) is 95.1 cm³/mol. The highest BCUT2D eigenvalue weighted by atomic mass is 16.6. The Labute approximate surface area is 154 Å². The fourth-order valence-electron chi connectivity index (χ4n) is 2.97. The van der Waals surface area contributed by atoms with Crippen molar-refractivity contribution in [3.8, 4) is 0 Å². The van der Waals surface area contributed by atoms with E-state index in [1.165, 1.54) is 0 Å². The zero-order valence-corrected chi connectivity index (χ0v) is 16.5. The van der Waals surface area contributed by atoms with Crippen LogP contribution in [0.4, 0.5) is 4.79 Å². The first kappa shape index (κ1) is 20.2. The molecule has 0 saturated carbocycles. The number of hydrogen-bond donors (Lipinski definition) is 0. The standard InChI is InChI=1S/C18H29N3O5/c1-7-25-16(22)15-13-10-20(17(23)26-18(3,4)5)9-8-14(13)21(19-15)12(2)11-24-6/h12H,7-11H2,1-6H3/t12-/m1/s1. The van der Waals surface area contributed by atoms with Crippen LogP contribution in [0.3, 0.4) is 0 Å². The average molecular weight is 367 g/mol. The quantitative estimate of drug-likeness (QED) is 0.744. The molecule has 0 N–H and O–H groups in total. The number of ether oxygens (including phenoxy) is 3. The SMILES string of the molecule is CCOC(=O)c1nn([C@H](C)COC)c2c1CN(C(=O)OC(C)(C)C)CC2. The van der Waals surface area contributed by atoms with E-state index in [-0.39, 0.29) is 24.9 Å². The molecule has 1 atom stereocenters. The van der Waals surface area contributed by atoms with Gasteiger partial charge in [-0.2, -0.15) is 5.10 Å². The molecule has 0 radical (unpaired) electrons. The fourth-order valence-corrected chi connectivity index (χ4v) is 2.97. The van der Waals surface area contributed by atoms with E-state index in [1.54, 1.807) is 18.9 Å². The summed E-state index contributed by atoms with van der Waals surface area (Å²) in [6.07, 6.45) is 0.199. The minimum absolute atomic E-state index is 0.0231. The maximum atomic E-state index is 12.4. The van der Waals surface area contributed by atoms with Gasteiger partial charge in [0.2, 0.25) is 0 Å². The maximum absolute atomic E-state index is 12.4. The van der Waals surface area contributed by atoms with Crippen molar-refractivity contribution < 1.29 is 23.8 Å². The highest BCUT2D eigenvalue weighted by Gasteiger charge is 2.33. The number of carbonyl (C=O) groups excluding carboxylic acids is 2. The number of nitrogens with zero attached hydrogens (tertiary/aromatic N) is 3. The van der Waals surface area contributed by atoms with E-state index >= 15 is 0 Å². The summed E-state index contributed by atoms with van der Waals surface area (Å²) in [5.41, 5.74) is 1.36. The van der Waals surface area contributed by atoms with Gasteiger partial charge in [0.05, 0.1) is 25.8 Å². The molecule has 0 aliphatic carbocycles. The fraction of sp³-hybridized carbons (Fsp3) is 0.722. The first-order valence-electron chi connectivity index (χ1n) is 8.92. The van der Waals surface area contributed by atoms with Crippen LogP contribution in [0.2, 0.25) is 0 Å². The summed E-state index contributed by atoms with van der Waals surface area (Å²) >= 11 is 0. The van der Waals surface area contributed by atoms with Crippen molar-refractivity contribution >= 4 is 12.1 Å². The smallest absolute Gasteiger partial charge is 0.410 e. The van der Waals surface area contributed by atoms with Gasteiger partial charge in [-0.05, 0) is 34.6 Å². The Morgan fingerprint density at radius 1 is 1.31 bits per heavy atom. The van der Waals surface area contributed by atoms with Crippen LogP contribution in [0.5, 0.6) is 0 Å². The van der Waals surface area contributed by atoms with Crippen LogP contribution in [0.25, 0.3) is 0 Å². The van der Waals surface area contributed by atoms with Gasteiger partial charge in [-0.3, -0.25) is 4.68 Å². The van der Waals surface area contributed by atoms with Crippen LogP contribution in [0, 0.1) is 0 Å². The van der Waals surface area contributed by atoms with Crippen LogP contribution in [0.1, 0.15) is 62.4 Å². The number of esters is 1. The third-order valence-electron chi connectivity index (χ3n) is 4.03. The second-order valence-corrected chi connectivity index (χ2v) is 7.40. The van der Waals surface area contributed by atoms with Crippen LogP contribution >= 0.6 is 0 Å². The zero-order chi connectivity index (χ0) is 19.5. The topological polar surface area (TPSA) is 82.9 Å². The number of fused-ring (bicyclic) bond motifs is 1. The molecule has 0 unspecified atom stereocenters. The van der Waals surface area contributed by atoms with Crippen molar-refractivity contribution in [2.24, 2.45) is 0 Å². The Bertz CT molecular complexity index is 663. The van der Waals surface area contributed by atoms with Crippen LogP contribution in [-0.2, 0) is 27.2 Å². The second-order valence-electron chi connectivity index (χ2n) is 7.40. The molecule has 2 heterocycles. The molecule has 8 heteroatoms. The van der Waals surface area contributed by atoms with E-state index in [2.05, 4.69) is 5.10 Å². The van der Waals surface area contributed by atoms with E-state index in [0.29, 0.717) is 19.6 Å². The minimum atomic E-state index is -0.571. The molecule has 146 valence electrons. The summed E-state index contributed by atoms with van der Waals surface area (Å²) in [4.78, 5) is 26.4. The maximum Gasteiger partial charge on any atom is 0.410 e. The highest BCUT2D eigenvalue weighted by Crippen LogP contribution is 2.27. The first-order chi connectivity index (χ1) is 12.2. The molecule has 1 aromatic heterocycles. The monoisotopic (exact) mass is 367 g/mol. The van der Waals surface area contributed by atoms with Crippen LogP contribution in [0.15, 0.2) is 0 Å². The Morgan fingerprint density at radius 2 is 2.00 bits per heavy atom. The Hall–Kier alpha value is -2.09. The molecular weight excluding hydrogens is 338 g/mol. The van der Waals surface area contributed by atoms with Gasteiger partial charge in [0, 0.05) is 31.3 Å². The predicted octanol–water partition coefficient (Wildman–Crippen LogP) is 2.56. The minimum Gasteiger partial charge on any atom is -0.461 e. The van der Waals surface area contributed by atoms with E-state index in [0.717, 1.165) is 11.3 Å². The number of methoxy groups -OCH3 is 1. The summed E-state index contributed by atoms with van der Waals surface area (Å²) in [5.74, 6) is -0.474. The van der Waals surface area contributed by atoms with Gasteiger partial charge in [-0.1, -0.05) is 0 Å². The van der Waals surface area contributed by atoms with Gasteiger partial charge in [-0.15, -0.1) is 0 Å². The summed E-state index contributed by atoms with van der Waals surface area (Å²) < 4.78 is 17.6. The molecule has 0 spiro atoms. The Balaban J connectivity index is 2.33. The molecule has 2 rings (SSSR count). The van der Waals surface area contributed by atoms with Crippen molar-refractivity contribution in [3.05, 3.63) is 17.0 Å². The molecule has 1 aliphatic rings. The summed E-state index contributed by atoms with van der Waals surface area (Å²) in [6.45, 7) is 10.7. The van der Waals surface area contributed by atoms with Gasteiger partial charge in [0.1, 0.15) is 5.60 Å². The lowest BCUT2D eigenvalue weighted by Crippen LogP contribution is -2.40. The van der Waals surface area contributed by atoms with Gasteiger partial charge in [-0.25, -0.2) is 9.59 Å². The molecule has 0 saturated heterocycles. The molecule has 1 amide bonds. The van der Waals surface area contributed by atoms with Crippen molar-refractivity contribution in [1.82, 2.24) is 14.7 Å². The molecule has 0 aromatic carbocycles. The third-order valence-corrected chi connectivity index (χ3v) is 4.03. The number of rotatable bonds is 5. The van der Waals surface area contributed by atoms with Gasteiger partial charge in [0.15, 0.2) is 5.69 Å². The molecule has 0 bridgehead atoms. The molecular formula is C18H29N3O5. The Kier molecular flexibility index (Phi) is 6.28. The average Bonchev–Trinajstić information content (AvgIpc) is 2.92. The third kappa shape index (κ3) is 4.55. The van der Waals surface area contributed by atoms with Gasteiger partial charge < -0.3 is 19.1 Å². The molecule has 1 aromatic rings. The van der Waals surface area contributed by atoms with Crippen molar-refractivity contribution in [2.45, 2.75) is 59.2 Å². The van der Waals surface area contributed by atoms with Crippen molar-refractivity contribution in [2.75, 3.05) is 26.9 Å². The van der Waals surface area contributed by atoms with E-state index in [9.17, 15) is 9.59 Å². The lowest BCUT2D eigenvalue weighted by Gasteiger charge is -2.30. The molecule has 8 nitrogen and oxygen atoms in total. The van der Waals surface area contributed by atoms with E-state index < -0.39 is 17.7 Å². The van der Waals surface area contributed by atoms with Crippen molar-refractivity contribution in [1.29, 1.82) is 0 Å². The number of carbonyl (C=O) groups is 2. The molecule has 0 fully saturated rings. The van der Waals surface area contributed by atoms with Crippen LogP contribution in [-0.4, -0.2) is 59.2 Å². The highest BCUT2D eigenvalue weighted by molar-refractivity contribution is 5.89. The largest absolute Gasteiger partial charge is 0.461 e. The first-order valence-corrected chi connectivity index (χ1v) is 8.92. The second kappa shape index (κ2) is 8.07. The number of hydrogen-bond acceptors (Lipinski definition) is 6. The van der Waals surface area contributed by atoms with E-state index in [4.69, 9.17) is 14.2 Å². The molecule has 1 aliphatic heterocycles. The normalized spacial score (nSPS) is 15.4. The lowest BCUT2D eigenvalue weighted by atomic mass is 10.0.